The molecule has 3 nitrogen and oxygen atoms in total. The van der Waals surface area contributed by atoms with Gasteiger partial charge in [0.15, 0.2) is 0 Å². The predicted octanol–water partition coefficient (Wildman–Crippen LogP) is 2.53. The molecule has 2 unspecified atom stereocenters. The highest BCUT2D eigenvalue weighted by Gasteiger charge is 2.39. The molecule has 1 aromatic carbocycles. The summed E-state index contributed by atoms with van der Waals surface area (Å²) in [7, 11) is 0. The van der Waals surface area contributed by atoms with E-state index in [0.29, 0.717) is 0 Å². The molecule has 0 amide bonds. The van der Waals surface area contributed by atoms with Crippen LogP contribution in [0.3, 0.4) is 0 Å². The number of hydrogen-bond donors (Lipinski definition) is 1. The van der Waals surface area contributed by atoms with Crippen molar-refractivity contribution < 1.29 is 9.84 Å². The molecule has 0 radical (unpaired) electrons. The molecule has 1 aliphatic rings. The van der Waals surface area contributed by atoms with Crippen LogP contribution in [0.15, 0.2) is 24.3 Å². The number of aliphatic hydroxyl groups is 1. The summed E-state index contributed by atoms with van der Waals surface area (Å²) in [6.07, 6.45) is 0.458. The van der Waals surface area contributed by atoms with Crippen molar-refractivity contribution in [2.24, 2.45) is 0 Å². The van der Waals surface area contributed by atoms with Crippen LogP contribution in [0.25, 0.3) is 0 Å². The highest BCUT2D eigenvalue weighted by atomic mass is 16.5. The van der Waals surface area contributed by atoms with Crippen LogP contribution >= 0.6 is 0 Å². The summed E-state index contributed by atoms with van der Waals surface area (Å²) in [5.74, 6) is 0. The minimum absolute atomic E-state index is 0.226. The van der Waals surface area contributed by atoms with Crippen molar-refractivity contribution >= 4 is 0 Å². The third-order valence-electron chi connectivity index (χ3n) is 4.52. The maximum Gasteiger partial charge on any atom is 0.0973 e. The first-order valence-corrected chi connectivity index (χ1v) is 7.16. The first kappa shape index (κ1) is 14.5. The molecule has 1 saturated heterocycles. The van der Waals surface area contributed by atoms with Gasteiger partial charge >= 0.3 is 0 Å². The predicted molar refractivity (Wildman–Crippen MR) is 77.2 cm³/mol. The van der Waals surface area contributed by atoms with Crippen molar-refractivity contribution in [3.63, 3.8) is 0 Å². The summed E-state index contributed by atoms with van der Waals surface area (Å²) >= 11 is 0. The highest BCUT2D eigenvalue weighted by molar-refractivity contribution is 5.30. The summed E-state index contributed by atoms with van der Waals surface area (Å²) < 4.78 is 5.43. The van der Waals surface area contributed by atoms with Crippen LogP contribution in [-0.2, 0) is 4.74 Å². The van der Waals surface area contributed by atoms with Crippen LogP contribution in [0.5, 0.6) is 0 Å². The topological polar surface area (TPSA) is 32.7 Å². The Morgan fingerprint density at radius 2 is 1.95 bits per heavy atom. The number of aliphatic hydroxyl groups excluding tert-OH is 1. The van der Waals surface area contributed by atoms with Crippen molar-refractivity contribution in [1.29, 1.82) is 0 Å². The third kappa shape index (κ3) is 2.83. The Morgan fingerprint density at radius 1 is 1.32 bits per heavy atom. The van der Waals surface area contributed by atoms with Crippen molar-refractivity contribution in [1.82, 2.24) is 4.90 Å². The molecule has 1 fully saturated rings. The maximum absolute atomic E-state index is 10.9. The molecule has 0 saturated carbocycles. The summed E-state index contributed by atoms with van der Waals surface area (Å²) in [5.41, 5.74) is 1.97. The standard InChI is InChI=1S/C16H25NO2/c1-4-16(3,17-9-11-19-12-10-17)15(18)14-8-6-5-7-13(14)2/h5-8,15,18H,4,9-12H2,1-3H3. The van der Waals surface area contributed by atoms with Crippen LogP contribution in [0.2, 0.25) is 0 Å². The summed E-state index contributed by atoms with van der Waals surface area (Å²) in [4.78, 5) is 2.37. The second kappa shape index (κ2) is 6.04. The minimum atomic E-state index is -0.461. The van der Waals surface area contributed by atoms with Gasteiger partial charge in [0.2, 0.25) is 0 Å². The van der Waals surface area contributed by atoms with Gasteiger partial charge in [0, 0.05) is 18.6 Å². The lowest BCUT2D eigenvalue weighted by molar-refractivity contribution is -0.0736. The second-order valence-corrected chi connectivity index (χ2v) is 5.57. The number of ether oxygens (including phenoxy) is 1. The first-order chi connectivity index (χ1) is 9.09. The molecule has 2 atom stereocenters. The molecule has 1 N–H and O–H groups in total. The maximum atomic E-state index is 10.9. The van der Waals surface area contributed by atoms with Gasteiger partial charge in [0.05, 0.1) is 19.3 Å². The highest BCUT2D eigenvalue weighted by Crippen LogP contribution is 2.35. The van der Waals surface area contributed by atoms with Crippen LogP contribution in [-0.4, -0.2) is 41.8 Å². The van der Waals surface area contributed by atoms with Gasteiger partial charge in [-0.25, -0.2) is 0 Å². The Labute approximate surface area is 116 Å². The van der Waals surface area contributed by atoms with Crippen molar-refractivity contribution in [2.45, 2.75) is 38.8 Å². The van der Waals surface area contributed by atoms with E-state index < -0.39 is 6.10 Å². The van der Waals surface area contributed by atoms with Gasteiger partial charge in [-0.2, -0.15) is 0 Å². The fourth-order valence-corrected chi connectivity index (χ4v) is 2.89. The normalized spacial score (nSPS) is 21.9. The van der Waals surface area contributed by atoms with Gasteiger partial charge in [-0.3, -0.25) is 4.90 Å². The molecule has 0 aromatic heterocycles. The molecule has 0 spiro atoms. The number of benzene rings is 1. The average molecular weight is 263 g/mol. The van der Waals surface area contributed by atoms with Crippen LogP contribution in [0.4, 0.5) is 0 Å². The number of rotatable bonds is 4. The van der Waals surface area contributed by atoms with Gasteiger partial charge in [-0.05, 0) is 31.4 Å². The quantitative estimate of drug-likeness (QED) is 0.906. The van der Waals surface area contributed by atoms with Crippen molar-refractivity contribution in [3.05, 3.63) is 35.4 Å². The molecular formula is C16H25NO2. The van der Waals surface area contributed by atoms with E-state index in [9.17, 15) is 5.11 Å². The van der Waals surface area contributed by atoms with Crippen molar-refractivity contribution in [2.75, 3.05) is 26.3 Å². The molecular weight excluding hydrogens is 238 g/mol. The lowest BCUT2D eigenvalue weighted by Gasteiger charge is -2.46. The third-order valence-corrected chi connectivity index (χ3v) is 4.52. The molecule has 2 rings (SSSR count). The van der Waals surface area contributed by atoms with Gasteiger partial charge < -0.3 is 9.84 Å². The lowest BCUT2D eigenvalue weighted by Crippen LogP contribution is -2.54. The average Bonchev–Trinajstić information content (AvgIpc) is 2.47. The van der Waals surface area contributed by atoms with Crippen LogP contribution < -0.4 is 0 Å². The number of aryl methyl sites for hydroxylation is 1. The molecule has 0 aliphatic carbocycles. The van der Waals surface area contributed by atoms with E-state index in [1.165, 1.54) is 0 Å². The first-order valence-electron chi connectivity index (χ1n) is 7.16. The SMILES string of the molecule is CCC(C)(C(O)c1ccccc1C)N1CCOCC1. The number of morpholine rings is 1. The zero-order chi connectivity index (χ0) is 13.9. The monoisotopic (exact) mass is 263 g/mol. The van der Waals surface area contributed by atoms with Gasteiger partial charge in [0.1, 0.15) is 0 Å². The van der Waals surface area contributed by atoms with E-state index in [1.807, 2.05) is 18.2 Å². The smallest absolute Gasteiger partial charge is 0.0973 e. The zero-order valence-corrected chi connectivity index (χ0v) is 12.2. The van der Waals surface area contributed by atoms with E-state index in [-0.39, 0.29) is 5.54 Å². The molecule has 0 bridgehead atoms. The molecule has 106 valence electrons. The molecule has 1 heterocycles. The Balaban J connectivity index is 2.27. The molecule has 1 aliphatic heterocycles. The summed E-state index contributed by atoms with van der Waals surface area (Å²) in [6.45, 7) is 9.69. The second-order valence-electron chi connectivity index (χ2n) is 5.57. The molecule has 3 heteroatoms. The number of nitrogens with zero attached hydrogens (tertiary/aromatic N) is 1. The van der Waals surface area contributed by atoms with E-state index >= 15 is 0 Å². The zero-order valence-electron chi connectivity index (χ0n) is 12.2. The van der Waals surface area contributed by atoms with Gasteiger partial charge in [0.25, 0.3) is 0 Å². The van der Waals surface area contributed by atoms with Gasteiger partial charge in [-0.1, -0.05) is 31.2 Å². The largest absolute Gasteiger partial charge is 0.386 e. The van der Waals surface area contributed by atoms with Gasteiger partial charge in [-0.15, -0.1) is 0 Å². The fraction of sp³-hybridized carbons (Fsp3) is 0.625. The van der Waals surface area contributed by atoms with E-state index in [1.54, 1.807) is 0 Å². The Hall–Kier alpha value is -0.900. The minimum Gasteiger partial charge on any atom is -0.386 e. The Bertz CT molecular complexity index is 415. The van der Waals surface area contributed by atoms with Crippen molar-refractivity contribution in [3.8, 4) is 0 Å². The van der Waals surface area contributed by atoms with Crippen LogP contribution in [0, 0.1) is 6.92 Å². The van der Waals surface area contributed by atoms with E-state index in [4.69, 9.17) is 4.74 Å². The lowest BCUT2D eigenvalue weighted by atomic mass is 9.83. The molecule has 19 heavy (non-hydrogen) atoms. The van der Waals surface area contributed by atoms with E-state index in [0.717, 1.165) is 43.9 Å². The van der Waals surface area contributed by atoms with E-state index in [2.05, 4.69) is 31.7 Å². The number of hydrogen-bond acceptors (Lipinski definition) is 3. The van der Waals surface area contributed by atoms with Crippen LogP contribution in [0.1, 0.15) is 37.5 Å². The summed E-state index contributed by atoms with van der Waals surface area (Å²) in [5, 5.41) is 10.9. The summed E-state index contributed by atoms with van der Waals surface area (Å²) in [6, 6.07) is 8.12. The fourth-order valence-electron chi connectivity index (χ4n) is 2.89. The Morgan fingerprint density at radius 3 is 2.53 bits per heavy atom. The molecule has 1 aromatic rings. The Kier molecular flexibility index (Phi) is 4.61.